The molecule has 0 spiro atoms. The van der Waals surface area contributed by atoms with Crippen LogP contribution in [0.5, 0.6) is 0 Å². The third-order valence-corrected chi connectivity index (χ3v) is 3.03. The van der Waals surface area contributed by atoms with Crippen molar-refractivity contribution in [1.82, 2.24) is 10.6 Å². The number of amides is 1. The van der Waals surface area contributed by atoms with Crippen LogP contribution < -0.4 is 16.0 Å². The van der Waals surface area contributed by atoms with Crippen molar-refractivity contribution >= 4 is 33.5 Å². The minimum atomic E-state index is -0.113. The Bertz CT molecular complexity index is 500. The number of nitrogens with zero attached hydrogens (tertiary/aromatic N) is 1. The maximum Gasteiger partial charge on any atom is 0.243 e. The normalized spacial score (nSPS) is 11.4. The molecule has 0 saturated heterocycles. The fourth-order valence-electron chi connectivity index (χ4n) is 1.56. The third-order valence-electron chi connectivity index (χ3n) is 2.54. The van der Waals surface area contributed by atoms with Crippen molar-refractivity contribution in [2.24, 2.45) is 4.99 Å². The minimum absolute atomic E-state index is 0.113. The summed E-state index contributed by atoms with van der Waals surface area (Å²) in [6.07, 6.45) is 0. The number of aryl methyl sites for hydroxylation is 1. The predicted octanol–water partition coefficient (Wildman–Crippen LogP) is 2.27. The van der Waals surface area contributed by atoms with Gasteiger partial charge in [0.05, 0.1) is 6.54 Å². The smallest absolute Gasteiger partial charge is 0.243 e. The number of rotatable bonds is 4. The predicted molar refractivity (Wildman–Crippen MR) is 87.1 cm³/mol. The summed E-state index contributed by atoms with van der Waals surface area (Å²) >= 11 is 3.39. The zero-order chi connectivity index (χ0) is 15.1. The Hall–Kier alpha value is -1.56. The Morgan fingerprint density at radius 3 is 2.70 bits per heavy atom. The molecule has 1 rings (SSSR count). The maximum atomic E-state index is 11.9. The van der Waals surface area contributed by atoms with E-state index in [4.69, 9.17) is 0 Å². The van der Waals surface area contributed by atoms with E-state index >= 15 is 0 Å². The summed E-state index contributed by atoms with van der Waals surface area (Å²) in [7, 11) is 1.67. The summed E-state index contributed by atoms with van der Waals surface area (Å²) in [4.78, 5) is 16.0. The lowest BCUT2D eigenvalue weighted by molar-refractivity contribution is -0.115. The van der Waals surface area contributed by atoms with Crippen molar-refractivity contribution in [3.8, 4) is 0 Å². The van der Waals surface area contributed by atoms with Gasteiger partial charge in [-0.3, -0.25) is 9.79 Å². The van der Waals surface area contributed by atoms with Gasteiger partial charge in [-0.1, -0.05) is 22.0 Å². The van der Waals surface area contributed by atoms with Gasteiger partial charge in [-0.05, 0) is 38.5 Å². The highest BCUT2D eigenvalue weighted by Crippen LogP contribution is 2.20. The lowest BCUT2D eigenvalue weighted by Crippen LogP contribution is -2.44. The van der Waals surface area contributed by atoms with Crippen molar-refractivity contribution in [3.05, 3.63) is 28.2 Å². The van der Waals surface area contributed by atoms with Gasteiger partial charge in [-0.2, -0.15) is 0 Å². The van der Waals surface area contributed by atoms with Crippen LogP contribution in [0.1, 0.15) is 19.4 Å². The van der Waals surface area contributed by atoms with Crippen LogP contribution in [-0.2, 0) is 4.79 Å². The second kappa shape index (κ2) is 7.89. The van der Waals surface area contributed by atoms with Gasteiger partial charge in [0, 0.05) is 23.2 Å². The van der Waals surface area contributed by atoms with Crippen LogP contribution in [0.4, 0.5) is 5.69 Å². The molecule has 1 aromatic rings. The molecular formula is C14H21BrN4O. The van der Waals surface area contributed by atoms with Gasteiger partial charge in [0.15, 0.2) is 5.96 Å². The number of benzene rings is 1. The number of halogens is 1. The first kappa shape index (κ1) is 16.5. The zero-order valence-corrected chi connectivity index (χ0v) is 13.8. The van der Waals surface area contributed by atoms with Crippen molar-refractivity contribution in [3.63, 3.8) is 0 Å². The Labute approximate surface area is 128 Å². The van der Waals surface area contributed by atoms with Crippen LogP contribution in [0.2, 0.25) is 0 Å². The molecule has 0 aromatic heterocycles. The largest absolute Gasteiger partial charge is 0.354 e. The van der Waals surface area contributed by atoms with Gasteiger partial charge in [0.1, 0.15) is 0 Å². The second-order valence-corrected chi connectivity index (χ2v) is 5.65. The molecule has 0 aliphatic carbocycles. The SMILES string of the molecule is CN=C(NCC(=O)Nc1cc(Br)ccc1C)NC(C)C. The first-order valence-electron chi connectivity index (χ1n) is 6.45. The molecule has 20 heavy (non-hydrogen) atoms. The zero-order valence-electron chi connectivity index (χ0n) is 12.2. The topological polar surface area (TPSA) is 65.5 Å². The lowest BCUT2D eigenvalue weighted by atomic mass is 10.2. The number of hydrogen-bond donors (Lipinski definition) is 3. The molecular weight excluding hydrogens is 320 g/mol. The first-order valence-corrected chi connectivity index (χ1v) is 7.25. The molecule has 1 amide bonds. The monoisotopic (exact) mass is 340 g/mol. The van der Waals surface area contributed by atoms with Crippen LogP contribution in [0.25, 0.3) is 0 Å². The summed E-state index contributed by atoms with van der Waals surface area (Å²) < 4.78 is 0.934. The fraction of sp³-hybridized carbons (Fsp3) is 0.429. The molecule has 0 atom stereocenters. The van der Waals surface area contributed by atoms with E-state index in [1.807, 2.05) is 39.0 Å². The molecule has 0 unspecified atom stereocenters. The summed E-state index contributed by atoms with van der Waals surface area (Å²) in [5.41, 5.74) is 1.82. The van der Waals surface area contributed by atoms with Gasteiger partial charge in [0.25, 0.3) is 0 Å². The molecule has 0 bridgehead atoms. The van der Waals surface area contributed by atoms with Crippen molar-refractivity contribution in [1.29, 1.82) is 0 Å². The molecule has 3 N–H and O–H groups in total. The highest BCUT2D eigenvalue weighted by Gasteiger charge is 2.07. The van der Waals surface area contributed by atoms with E-state index in [9.17, 15) is 4.79 Å². The van der Waals surface area contributed by atoms with Crippen LogP contribution in [0, 0.1) is 6.92 Å². The molecule has 0 aliphatic rings. The Morgan fingerprint density at radius 1 is 1.40 bits per heavy atom. The van der Waals surface area contributed by atoms with E-state index in [1.54, 1.807) is 7.05 Å². The van der Waals surface area contributed by atoms with E-state index < -0.39 is 0 Å². The molecule has 5 nitrogen and oxygen atoms in total. The van der Waals surface area contributed by atoms with E-state index in [0.717, 1.165) is 15.7 Å². The Kier molecular flexibility index (Phi) is 6.51. The minimum Gasteiger partial charge on any atom is -0.354 e. The van der Waals surface area contributed by atoms with E-state index in [0.29, 0.717) is 5.96 Å². The summed E-state index contributed by atoms with van der Waals surface area (Å²) in [5, 5.41) is 8.96. The number of carbonyl (C=O) groups excluding carboxylic acids is 1. The third kappa shape index (κ3) is 5.61. The van der Waals surface area contributed by atoms with Gasteiger partial charge in [-0.25, -0.2) is 0 Å². The molecule has 0 aliphatic heterocycles. The van der Waals surface area contributed by atoms with E-state index in [2.05, 4.69) is 36.9 Å². The number of nitrogens with one attached hydrogen (secondary N) is 3. The van der Waals surface area contributed by atoms with Crippen LogP contribution >= 0.6 is 15.9 Å². The molecule has 0 fully saturated rings. The number of anilines is 1. The van der Waals surface area contributed by atoms with Crippen LogP contribution in [0.3, 0.4) is 0 Å². The second-order valence-electron chi connectivity index (χ2n) is 4.73. The summed E-state index contributed by atoms with van der Waals surface area (Å²) in [5.74, 6) is 0.499. The quantitative estimate of drug-likeness (QED) is 0.581. The number of hydrogen-bond acceptors (Lipinski definition) is 2. The highest BCUT2D eigenvalue weighted by atomic mass is 79.9. The summed E-state index contributed by atoms with van der Waals surface area (Å²) in [6, 6.07) is 6.04. The molecule has 0 radical (unpaired) electrons. The van der Waals surface area contributed by atoms with Crippen molar-refractivity contribution in [2.45, 2.75) is 26.8 Å². The number of aliphatic imine (C=N–C) groups is 1. The van der Waals surface area contributed by atoms with E-state index in [1.165, 1.54) is 0 Å². The van der Waals surface area contributed by atoms with Gasteiger partial charge < -0.3 is 16.0 Å². The first-order chi connectivity index (χ1) is 9.42. The molecule has 6 heteroatoms. The standard InChI is InChI=1S/C14H21BrN4O/c1-9(2)18-14(16-4)17-8-13(20)19-12-7-11(15)6-5-10(12)3/h5-7,9H,8H2,1-4H3,(H,19,20)(H2,16,17,18). The molecule has 110 valence electrons. The van der Waals surface area contributed by atoms with Crippen LogP contribution in [0.15, 0.2) is 27.7 Å². The number of carbonyl (C=O) groups is 1. The average molecular weight is 341 g/mol. The molecule has 0 heterocycles. The number of guanidine groups is 1. The fourth-order valence-corrected chi connectivity index (χ4v) is 1.92. The van der Waals surface area contributed by atoms with Gasteiger partial charge >= 0.3 is 0 Å². The van der Waals surface area contributed by atoms with Crippen molar-refractivity contribution in [2.75, 3.05) is 18.9 Å². The highest BCUT2D eigenvalue weighted by molar-refractivity contribution is 9.10. The maximum absolute atomic E-state index is 11.9. The average Bonchev–Trinajstić information content (AvgIpc) is 2.38. The summed E-state index contributed by atoms with van der Waals surface area (Å²) in [6.45, 7) is 6.14. The van der Waals surface area contributed by atoms with E-state index in [-0.39, 0.29) is 18.5 Å². The molecule has 1 aromatic carbocycles. The van der Waals surface area contributed by atoms with Crippen molar-refractivity contribution < 1.29 is 4.79 Å². The lowest BCUT2D eigenvalue weighted by Gasteiger charge is -2.14. The van der Waals surface area contributed by atoms with Gasteiger partial charge in [0.2, 0.25) is 5.91 Å². The Balaban J connectivity index is 2.53. The van der Waals surface area contributed by atoms with Crippen LogP contribution in [-0.4, -0.2) is 31.5 Å². The molecule has 0 saturated carbocycles. The Morgan fingerprint density at radius 2 is 2.10 bits per heavy atom. The van der Waals surface area contributed by atoms with Gasteiger partial charge in [-0.15, -0.1) is 0 Å².